The highest BCUT2D eigenvalue weighted by Crippen LogP contribution is 2.44. The third-order valence-electron chi connectivity index (χ3n) is 4.34. The van der Waals surface area contributed by atoms with Gasteiger partial charge in [0.1, 0.15) is 5.82 Å². The summed E-state index contributed by atoms with van der Waals surface area (Å²) in [6.45, 7) is 4.55. The summed E-state index contributed by atoms with van der Waals surface area (Å²) in [4.78, 5) is 0. The number of hydrogen-bond donors (Lipinski definition) is 1. The van der Waals surface area contributed by atoms with Gasteiger partial charge >= 0.3 is 0 Å². The summed E-state index contributed by atoms with van der Waals surface area (Å²) < 4.78 is 13.4. The maximum absolute atomic E-state index is 13.4. The van der Waals surface area contributed by atoms with Crippen LogP contribution < -0.4 is 5.73 Å². The van der Waals surface area contributed by atoms with E-state index in [4.69, 9.17) is 17.3 Å². The zero-order valence-corrected chi connectivity index (χ0v) is 11.8. The van der Waals surface area contributed by atoms with E-state index in [0.717, 1.165) is 5.56 Å². The van der Waals surface area contributed by atoms with Crippen LogP contribution in [0.5, 0.6) is 0 Å². The Balaban J connectivity index is 2.12. The molecule has 0 aromatic heterocycles. The summed E-state index contributed by atoms with van der Waals surface area (Å²) in [6, 6.07) is 5.01. The van der Waals surface area contributed by atoms with E-state index < -0.39 is 0 Å². The average Bonchev–Trinajstić information content (AvgIpc) is 2.65. The molecule has 2 atom stereocenters. The largest absolute Gasteiger partial charge is 0.327 e. The maximum atomic E-state index is 13.4. The summed E-state index contributed by atoms with van der Waals surface area (Å²) in [5.41, 5.74) is 7.44. The number of benzene rings is 1. The summed E-state index contributed by atoms with van der Waals surface area (Å²) in [6.07, 6.45) is 4.29. The Morgan fingerprint density at radius 1 is 1.50 bits per heavy atom. The van der Waals surface area contributed by atoms with Crippen molar-refractivity contribution in [1.29, 1.82) is 0 Å². The van der Waals surface area contributed by atoms with Crippen molar-refractivity contribution in [3.05, 3.63) is 34.6 Å². The van der Waals surface area contributed by atoms with Crippen molar-refractivity contribution in [2.24, 2.45) is 17.1 Å². The predicted molar refractivity (Wildman–Crippen MR) is 74.2 cm³/mol. The molecule has 0 aliphatic heterocycles. The second kappa shape index (κ2) is 5.18. The number of rotatable bonds is 3. The van der Waals surface area contributed by atoms with E-state index in [9.17, 15) is 4.39 Å². The van der Waals surface area contributed by atoms with Crippen molar-refractivity contribution in [3.8, 4) is 0 Å². The van der Waals surface area contributed by atoms with Gasteiger partial charge in [-0.15, -0.1) is 0 Å². The highest BCUT2D eigenvalue weighted by atomic mass is 35.5. The van der Waals surface area contributed by atoms with Crippen LogP contribution in [0.3, 0.4) is 0 Å². The first-order valence-electron chi connectivity index (χ1n) is 6.60. The molecule has 0 heterocycles. The molecule has 0 amide bonds. The topological polar surface area (TPSA) is 26.0 Å². The van der Waals surface area contributed by atoms with Crippen molar-refractivity contribution < 1.29 is 4.39 Å². The molecule has 1 aromatic rings. The molecule has 0 radical (unpaired) electrons. The molecule has 2 rings (SSSR count). The Kier molecular flexibility index (Phi) is 3.98. The monoisotopic (exact) mass is 269 g/mol. The van der Waals surface area contributed by atoms with Crippen LogP contribution in [-0.2, 0) is 6.42 Å². The summed E-state index contributed by atoms with van der Waals surface area (Å²) >= 11 is 5.98. The van der Waals surface area contributed by atoms with Crippen LogP contribution in [0, 0.1) is 17.2 Å². The van der Waals surface area contributed by atoms with E-state index in [0.29, 0.717) is 17.8 Å². The van der Waals surface area contributed by atoms with Gasteiger partial charge in [0.25, 0.3) is 0 Å². The lowest BCUT2D eigenvalue weighted by molar-refractivity contribution is 0.220. The molecule has 1 aromatic carbocycles. The van der Waals surface area contributed by atoms with Crippen molar-refractivity contribution in [2.45, 2.75) is 45.6 Å². The van der Waals surface area contributed by atoms with Crippen LogP contribution in [-0.4, -0.2) is 6.04 Å². The fourth-order valence-electron chi connectivity index (χ4n) is 3.25. The molecule has 18 heavy (non-hydrogen) atoms. The predicted octanol–water partition coefficient (Wildman–Crippen LogP) is 4.18. The van der Waals surface area contributed by atoms with Gasteiger partial charge in [-0.1, -0.05) is 44.0 Å². The first-order chi connectivity index (χ1) is 8.42. The summed E-state index contributed by atoms with van der Waals surface area (Å²) in [7, 11) is 0. The SMILES string of the molecule is CC1(C)CCCC1C(N)Cc1cccc(F)c1Cl. The van der Waals surface area contributed by atoms with Crippen LogP contribution in [0.4, 0.5) is 4.39 Å². The Labute approximate surface area is 114 Å². The second-order valence-corrected chi connectivity index (χ2v) is 6.45. The standard InChI is InChI=1S/C15H21ClFN/c1-15(2)8-4-6-11(15)13(18)9-10-5-3-7-12(17)14(10)16/h3,5,7,11,13H,4,6,8-9,18H2,1-2H3. The Hall–Kier alpha value is -0.600. The quantitative estimate of drug-likeness (QED) is 0.875. The summed E-state index contributed by atoms with van der Waals surface area (Å²) in [5, 5.41) is 0.226. The number of halogens is 2. The fraction of sp³-hybridized carbons (Fsp3) is 0.600. The van der Waals surface area contributed by atoms with Gasteiger partial charge in [-0.25, -0.2) is 4.39 Å². The third kappa shape index (κ3) is 2.70. The lowest BCUT2D eigenvalue weighted by Crippen LogP contribution is -2.38. The van der Waals surface area contributed by atoms with Gasteiger partial charge in [0.05, 0.1) is 5.02 Å². The molecule has 1 nitrogen and oxygen atoms in total. The maximum Gasteiger partial charge on any atom is 0.142 e. The molecular formula is C15H21ClFN. The molecule has 0 spiro atoms. The van der Waals surface area contributed by atoms with Gasteiger partial charge in [0.2, 0.25) is 0 Å². The van der Waals surface area contributed by atoms with Crippen molar-refractivity contribution >= 4 is 11.6 Å². The molecule has 2 unspecified atom stereocenters. The van der Waals surface area contributed by atoms with E-state index >= 15 is 0 Å². The van der Waals surface area contributed by atoms with E-state index in [-0.39, 0.29) is 16.9 Å². The van der Waals surface area contributed by atoms with E-state index in [2.05, 4.69) is 13.8 Å². The van der Waals surface area contributed by atoms with Crippen LogP contribution in [0.15, 0.2) is 18.2 Å². The molecule has 0 bridgehead atoms. The lowest BCUT2D eigenvalue weighted by atomic mass is 9.76. The molecule has 1 aliphatic carbocycles. The normalized spacial score (nSPS) is 24.2. The molecule has 0 saturated heterocycles. The molecular weight excluding hydrogens is 249 g/mol. The van der Waals surface area contributed by atoms with Crippen LogP contribution in [0.1, 0.15) is 38.7 Å². The first kappa shape index (κ1) is 13.8. The first-order valence-corrected chi connectivity index (χ1v) is 6.98. The van der Waals surface area contributed by atoms with Gasteiger partial charge in [-0.2, -0.15) is 0 Å². The Bertz CT molecular complexity index is 431. The molecule has 2 N–H and O–H groups in total. The summed E-state index contributed by atoms with van der Waals surface area (Å²) in [5.74, 6) is 0.142. The average molecular weight is 270 g/mol. The molecule has 1 fully saturated rings. The van der Waals surface area contributed by atoms with Crippen LogP contribution >= 0.6 is 11.6 Å². The van der Waals surface area contributed by atoms with Gasteiger partial charge in [0.15, 0.2) is 0 Å². The van der Waals surface area contributed by atoms with Crippen LogP contribution in [0.25, 0.3) is 0 Å². The third-order valence-corrected chi connectivity index (χ3v) is 4.77. The zero-order valence-electron chi connectivity index (χ0n) is 11.0. The van der Waals surface area contributed by atoms with Gasteiger partial charge in [-0.3, -0.25) is 0 Å². The fourth-order valence-corrected chi connectivity index (χ4v) is 3.45. The molecule has 1 saturated carbocycles. The Morgan fingerprint density at radius 3 is 2.83 bits per heavy atom. The van der Waals surface area contributed by atoms with E-state index in [1.807, 2.05) is 6.07 Å². The van der Waals surface area contributed by atoms with E-state index in [1.54, 1.807) is 6.07 Å². The number of hydrogen-bond acceptors (Lipinski definition) is 1. The Morgan fingerprint density at radius 2 is 2.22 bits per heavy atom. The van der Waals surface area contributed by atoms with Gasteiger partial charge < -0.3 is 5.73 Å². The minimum absolute atomic E-state index is 0.0572. The lowest BCUT2D eigenvalue weighted by Gasteiger charge is -2.32. The van der Waals surface area contributed by atoms with Crippen molar-refractivity contribution in [1.82, 2.24) is 0 Å². The van der Waals surface area contributed by atoms with Gasteiger partial charge in [0, 0.05) is 6.04 Å². The smallest absolute Gasteiger partial charge is 0.142 e. The molecule has 100 valence electrons. The zero-order chi connectivity index (χ0) is 13.3. The van der Waals surface area contributed by atoms with Gasteiger partial charge in [-0.05, 0) is 42.2 Å². The minimum Gasteiger partial charge on any atom is -0.327 e. The van der Waals surface area contributed by atoms with Crippen LogP contribution in [0.2, 0.25) is 5.02 Å². The van der Waals surface area contributed by atoms with Crippen molar-refractivity contribution in [3.63, 3.8) is 0 Å². The van der Waals surface area contributed by atoms with Crippen molar-refractivity contribution in [2.75, 3.05) is 0 Å². The minimum atomic E-state index is -0.355. The number of nitrogens with two attached hydrogens (primary N) is 1. The van der Waals surface area contributed by atoms with E-state index in [1.165, 1.54) is 25.3 Å². The highest BCUT2D eigenvalue weighted by molar-refractivity contribution is 6.31. The molecule has 3 heteroatoms. The highest BCUT2D eigenvalue weighted by Gasteiger charge is 2.38. The molecule has 1 aliphatic rings. The second-order valence-electron chi connectivity index (χ2n) is 6.07.